The fraction of sp³-hybridized carbons (Fsp3) is 0.556. The highest BCUT2D eigenvalue weighted by molar-refractivity contribution is 5.93. The number of benzene rings is 1. The predicted octanol–water partition coefficient (Wildman–Crippen LogP) is 0.814. The van der Waals surface area contributed by atoms with E-state index in [2.05, 4.69) is 5.32 Å². The Morgan fingerprint density at radius 3 is 2.76 bits per heavy atom. The van der Waals surface area contributed by atoms with Gasteiger partial charge in [-0.15, -0.1) is 0 Å². The van der Waals surface area contributed by atoms with Crippen LogP contribution in [-0.4, -0.2) is 74.7 Å². The molecule has 2 saturated heterocycles. The van der Waals surface area contributed by atoms with Crippen LogP contribution in [0.4, 0.5) is 5.69 Å². The van der Waals surface area contributed by atoms with Gasteiger partial charge >= 0.3 is 0 Å². The molecule has 1 N–H and O–H groups in total. The van der Waals surface area contributed by atoms with E-state index < -0.39 is 0 Å². The van der Waals surface area contributed by atoms with E-state index in [-0.39, 0.29) is 24.3 Å². The lowest BCUT2D eigenvalue weighted by Gasteiger charge is -2.29. The van der Waals surface area contributed by atoms with Crippen LogP contribution in [0.2, 0.25) is 0 Å². The third-order valence-electron chi connectivity index (χ3n) is 4.69. The van der Waals surface area contributed by atoms with Crippen molar-refractivity contribution in [3.8, 4) is 5.75 Å². The van der Waals surface area contributed by atoms with E-state index in [1.807, 2.05) is 34.1 Å². The maximum Gasteiger partial charge on any atom is 0.238 e. The summed E-state index contributed by atoms with van der Waals surface area (Å²) in [6.45, 7) is 4.25. The van der Waals surface area contributed by atoms with E-state index in [1.165, 1.54) is 0 Å². The zero-order chi connectivity index (χ0) is 17.6. The highest BCUT2D eigenvalue weighted by Gasteiger charge is 2.32. The number of para-hydroxylation sites is 2. The summed E-state index contributed by atoms with van der Waals surface area (Å²) in [6, 6.07) is 7.33. The second kappa shape index (κ2) is 8.31. The first-order chi connectivity index (χ1) is 12.2. The molecule has 2 fully saturated rings. The molecule has 3 rings (SSSR count). The summed E-state index contributed by atoms with van der Waals surface area (Å²) in [5.74, 6) is 0.717. The minimum absolute atomic E-state index is 0.0165. The van der Waals surface area contributed by atoms with Crippen LogP contribution in [-0.2, 0) is 14.3 Å². The number of likely N-dealkylation sites (tertiary alicyclic amines) is 1. The van der Waals surface area contributed by atoms with Crippen LogP contribution in [0.15, 0.2) is 24.3 Å². The van der Waals surface area contributed by atoms with Crippen LogP contribution >= 0.6 is 0 Å². The first-order valence-electron chi connectivity index (χ1n) is 8.69. The zero-order valence-electron chi connectivity index (χ0n) is 14.6. The van der Waals surface area contributed by atoms with Crippen LogP contribution in [0.25, 0.3) is 0 Å². The predicted molar refractivity (Wildman–Crippen MR) is 93.6 cm³/mol. The molecule has 0 bridgehead atoms. The highest BCUT2D eigenvalue weighted by atomic mass is 16.5. The summed E-state index contributed by atoms with van der Waals surface area (Å²) in [7, 11) is 1.58. The Morgan fingerprint density at radius 2 is 2.00 bits per heavy atom. The van der Waals surface area contributed by atoms with Crippen LogP contribution in [0.5, 0.6) is 5.75 Å². The normalized spacial score (nSPS) is 21.2. The van der Waals surface area contributed by atoms with Crippen molar-refractivity contribution in [2.45, 2.75) is 6.42 Å². The van der Waals surface area contributed by atoms with Crippen molar-refractivity contribution in [3.63, 3.8) is 0 Å². The van der Waals surface area contributed by atoms with Gasteiger partial charge in [0.05, 0.1) is 38.5 Å². The molecule has 2 heterocycles. The second-order valence-corrected chi connectivity index (χ2v) is 6.41. The van der Waals surface area contributed by atoms with Gasteiger partial charge in [-0.3, -0.25) is 14.5 Å². The number of hydrogen-bond donors (Lipinski definition) is 1. The summed E-state index contributed by atoms with van der Waals surface area (Å²) in [5.41, 5.74) is 0.662. The number of ether oxygens (including phenoxy) is 2. The Labute approximate surface area is 147 Å². The van der Waals surface area contributed by atoms with Crippen molar-refractivity contribution >= 4 is 17.5 Å². The van der Waals surface area contributed by atoms with E-state index in [0.29, 0.717) is 44.3 Å². The van der Waals surface area contributed by atoms with Gasteiger partial charge in [0.2, 0.25) is 11.8 Å². The average Bonchev–Trinajstić information content (AvgIpc) is 3.10. The third-order valence-corrected chi connectivity index (χ3v) is 4.69. The fourth-order valence-electron chi connectivity index (χ4n) is 3.36. The van der Waals surface area contributed by atoms with Crippen LogP contribution in [0, 0.1) is 5.92 Å². The molecule has 2 amide bonds. The summed E-state index contributed by atoms with van der Waals surface area (Å²) in [5, 5.41) is 2.88. The second-order valence-electron chi connectivity index (χ2n) is 6.41. The summed E-state index contributed by atoms with van der Waals surface area (Å²) in [4.78, 5) is 28.7. The van der Waals surface area contributed by atoms with E-state index >= 15 is 0 Å². The van der Waals surface area contributed by atoms with Crippen molar-refractivity contribution in [2.75, 3.05) is 58.4 Å². The topological polar surface area (TPSA) is 71.1 Å². The Hall–Kier alpha value is -2.12. The number of nitrogens with zero attached hydrogens (tertiary/aromatic N) is 2. The monoisotopic (exact) mass is 347 g/mol. The lowest BCUT2D eigenvalue weighted by molar-refractivity contribution is -0.139. The van der Waals surface area contributed by atoms with Crippen LogP contribution < -0.4 is 10.1 Å². The van der Waals surface area contributed by atoms with Crippen molar-refractivity contribution in [1.29, 1.82) is 0 Å². The molecular weight excluding hydrogens is 322 g/mol. The first kappa shape index (κ1) is 17.7. The van der Waals surface area contributed by atoms with E-state index in [0.717, 1.165) is 13.0 Å². The molecule has 2 aliphatic rings. The molecule has 25 heavy (non-hydrogen) atoms. The standard InChI is InChI=1S/C18H25N3O4/c1-24-16-5-3-2-4-15(16)19-17(22)13-20-7-6-14(12-20)18(23)21-8-10-25-11-9-21/h2-5,14H,6-13H2,1H3,(H,19,22). The molecule has 7 heteroatoms. The smallest absolute Gasteiger partial charge is 0.238 e. The molecule has 136 valence electrons. The number of anilines is 1. The molecule has 0 aromatic heterocycles. The Balaban J connectivity index is 1.49. The Kier molecular flexibility index (Phi) is 5.88. The highest BCUT2D eigenvalue weighted by Crippen LogP contribution is 2.23. The number of nitrogens with one attached hydrogen (secondary N) is 1. The summed E-state index contributed by atoms with van der Waals surface area (Å²) >= 11 is 0. The van der Waals surface area contributed by atoms with Crippen molar-refractivity contribution in [3.05, 3.63) is 24.3 Å². The Morgan fingerprint density at radius 1 is 1.24 bits per heavy atom. The minimum Gasteiger partial charge on any atom is -0.495 e. The molecule has 0 radical (unpaired) electrons. The van der Waals surface area contributed by atoms with E-state index in [1.54, 1.807) is 7.11 Å². The van der Waals surface area contributed by atoms with Crippen LogP contribution in [0.1, 0.15) is 6.42 Å². The van der Waals surface area contributed by atoms with Gasteiger partial charge in [0.1, 0.15) is 5.75 Å². The van der Waals surface area contributed by atoms with E-state index in [4.69, 9.17) is 9.47 Å². The van der Waals surface area contributed by atoms with Gasteiger partial charge in [0, 0.05) is 19.6 Å². The maximum atomic E-state index is 12.5. The Bertz CT molecular complexity index is 616. The molecule has 1 unspecified atom stereocenters. The third kappa shape index (κ3) is 4.49. The average molecular weight is 347 g/mol. The number of carbonyl (C=O) groups excluding carboxylic acids is 2. The van der Waals surface area contributed by atoms with Crippen molar-refractivity contribution in [2.24, 2.45) is 5.92 Å². The SMILES string of the molecule is COc1ccccc1NC(=O)CN1CCC(C(=O)N2CCOCC2)C1. The number of methoxy groups -OCH3 is 1. The van der Waals surface area contributed by atoms with Gasteiger partial charge in [-0.1, -0.05) is 12.1 Å². The maximum absolute atomic E-state index is 12.5. The van der Waals surface area contributed by atoms with Gasteiger partial charge in [-0.2, -0.15) is 0 Å². The lowest BCUT2D eigenvalue weighted by Crippen LogP contribution is -2.44. The first-order valence-corrected chi connectivity index (χ1v) is 8.69. The lowest BCUT2D eigenvalue weighted by atomic mass is 10.1. The van der Waals surface area contributed by atoms with Gasteiger partial charge in [-0.25, -0.2) is 0 Å². The molecule has 1 aromatic carbocycles. The van der Waals surface area contributed by atoms with Crippen LogP contribution in [0.3, 0.4) is 0 Å². The zero-order valence-corrected chi connectivity index (χ0v) is 14.6. The molecular formula is C18H25N3O4. The molecule has 1 aromatic rings. The largest absolute Gasteiger partial charge is 0.495 e. The van der Waals surface area contributed by atoms with Gasteiger partial charge in [-0.05, 0) is 25.1 Å². The number of morpholine rings is 1. The number of amides is 2. The number of hydrogen-bond acceptors (Lipinski definition) is 5. The van der Waals surface area contributed by atoms with Gasteiger partial charge in [0.15, 0.2) is 0 Å². The molecule has 2 aliphatic heterocycles. The van der Waals surface area contributed by atoms with E-state index in [9.17, 15) is 9.59 Å². The quantitative estimate of drug-likeness (QED) is 0.854. The van der Waals surface area contributed by atoms with Gasteiger partial charge < -0.3 is 19.7 Å². The molecule has 0 spiro atoms. The minimum atomic E-state index is -0.0935. The number of carbonyl (C=O) groups is 2. The van der Waals surface area contributed by atoms with Gasteiger partial charge in [0.25, 0.3) is 0 Å². The molecule has 0 aliphatic carbocycles. The molecule has 7 nitrogen and oxygen atoms in total. The molecule has 1 atom stereocenters. The summed E-state index contributed by atoms with van der Waals surface area (Å²) in [6.07, 6.45) is 0.804. The van der Waals surface area contributed by atoms with Crippen molar-refractivity contribution in [1.82, 2.24) is 9.80 Å². The fourth-order valence-corrected chi connectivity index (χ4v) is 3.36. The number of rotatable bonds is 5. The van der Waals surface area contributed by atoms with Crippen molar-refractivity contribution < 1.29 is 19.1 Å². The summed E-state index contributed by atoms with van der Waals surface area (Å²) < 4.78 is 10.5. The molecule has 0 saturated carbocycles.